The molecule has 2 aromatic heterocycles. The van der Waals surface area contributed by atoms with E-state index in [2.05, 4.69) is 27.1 Å². The maximum absolute atomic E-state index is 12.2. The fraction of sp³-hybridized carbons (Fsp3) is 0.176. The van der Waals surface area contributed by atoms with Gasteiger partial charge in [0.1, 0.15) is 0 Å². The molecule has 8 heteroatoms. The molecule has 0 fully saturated rings. The third-order valence-electron chi connectivity index (χ3n) is 3.61. The van der Waals surface area contributed by atoms with Crippen LogP contribution in [0, 0.1) is 0 Å². The van der Waals surface area contributed by atoms with Crippen LogP contribution in [0.3, 0.4) is 0 Å². The van der Waals surface area contributed by atoms with Gasteiger partial charge < -0.3 is 0 Å². The van der Waals surface area contributed by atoms with E-state index in [4.69, 9.17) is 0 Å². The van der Waals surface area contributed by atoms with Gasteiger partial charge in [0.15, 0.2) is 11.2 Å². The van der Waals surface area contributed by atoms with Gasteiger partial charge in [0.05, 0.1) is 6.21 Å². The molecule has 3 aromatic rings. The number of benzene rings is 1. The number of nitrogens with zero attached hydrogens (tertiary/aromatic N) is 4. The Morgan fingerprint density at radius 3 is 2.76 bits per heavy atom. The van der Waals surface area contributed by atoms with Crippen LogP contribution >= 0.6 is 0 Å². The van der Waals surface area contributed by atoms with Gasteiger partial charge in [-0.15, -0.1) is 0 Å². The number of H-pyrrole nitrogens is 1. The minimum absolute atomic E-state index is 0.285. The minimum Gasteiger partial charge on any atom is -0.299 e. The second kappa shape index (κ2) is 6.60. The standard InChI is InChI=1S/C17H18N6O2/c1-11(2)10-23-13-14(22(3)17(25)20-15(13)24)19-16(23)21-18-9-12-7-5-4-6-8-12/h4-9H,1,10H2,2-3H3,(H,19,21)(H,20,24,25)/b18-9+. The van der Waals surface area contributed by atoms with Crippen molar-refractivity contribution in [2.24, 2.45) is 12.1 Å². The number of anilines is 1. The maximum Gasteiger partial charge on any atom is 0.329 e. The third kappa shape index (κ3) is 3.27. The number of nitrogens with one attached hydrogen (secondary N) is 2. The van der Waals surface area contributed by atoms with E-state index in [1.165, 1.54) is 4.57 Å². The van der Waals surface area contributed by atoms with Crippen LogP contribution < -0.4 is 16.7 Å². The van der Waals surface area contributed by atoms with Crippen molar-refractivity contribution in [1.29, 1.82) is 0 Å². The van der Waals surface area contributed by atoms with Gasteiger partial charge in [-0.25, -0.2) is 10.2 Å². The van der Waals surface area contributed by atoms with E-state index < -0.39 is 11.2 Å². The molecule has 0 saturated heterocycles. The first-order valence-electron chi connectivity index (χ1n) is 7.65. The zero-order chi connectivity index (χ0) is 18.0. The number of aryl methyl sites for hydroxylation is 1. The Bertz CT molecular complexity index is 1070. The summed E-state index contributed by atoms with van der Waals surface area (Å²) in [5.41, 5.74) is 4.17. The summed E-state index contributed by atoms with van der Waals surface area (Å²) < 4.78 is 2.94. The lowest BCUT2D eigenvalue weighted by molar-refractivity contribution is 0.800. The first-order valence-corrected chi connectivity index (χ1v) is 7.65. The highest BCUT2D eigenvalue weighted by Crippen LogP contribution is 2.16. The van der Waals surface area contributed by atoms with E-state index in [0.29, 0.717) is 18.0 Å². The van der Waals surface area contributed by atoms with Crippen molar-refractivity contribution in [2.75, 3.05) is 5.43 Å². The Morgan fingerprint density at radius 2 is 2.08 bits per heavy atom. The fourth-order valence-corrected chi connectivity index (χ4v) is 2.45. The van der Waals surface area contributed by atoms with E-state index >= 15 is 0 Å². The molecule has 0 spiro atoms. The fourth-order valence-electron chi connectivity index (χ4n) is 2.45. The van der Waals surface area contributed by atoms with Crippen LogP contribution in [-0.4, -0.2) is 25.3 Å². The molecule has 25 heavy (non-hydrogen) atoms. The van der Waals surface area contributed by atoms with Crippen LogP contribution in [0.15, 0.2) is 57.2 Å². The second-order valence-electron chi connectivity index (χ2n) is 5.75. The molecule has 0 unspecified atom stereocenters. The van der Waals surface area contributed by atoms with Gasteiger partial charge in [0.25, 0.3) is 5.56 Å². The predicted molar refractivity (Wildman–Crippen MR) is 98.1 cm³/mol. The lowest BCUT2D eigenvalue weighted by Gasteiger charge is -2.07. The normalized spacial score (nSPS) is 11.3. The molecule has 128 valence electrons. The maximum atomic E-state index is 12.2. The Morgan fingerprint density at radius 1 is 1.36 bits per heavy atom. The van der Waals surface area contributed by atoms with E-state index in [9.17, 15) is 9.59 Å². The van der Waals surface area contributed by atoms with Crippen molar-refractivity contribution >= 4 is 23.3 Å². The van der Waals surface area contributed by atoms with Gasteiger partial charge in [0, 0.05) is 13.6 Å². The molecule has 3 rings (SSSR count). The largest absolute Gasteiger partial charge is 0.329 e. The third-order valence-corrected chi connectivity index (χ3v) is 3.61. The Kier molecular flexibility index (Phi) is 4.34. The molecule has 0 radical (unpaired) electrons. The smallest absolute Gasteiger partial charge is 0.299 e. The topological polar surface area (TPSA) is 97.1 Å². The highest BCUT2D eigenvalue weighted by molar-refractivity contribution is 5.80. The van der Waals surface area contributed by atoms with Crippen molar-refractivity contribution in [2.45, 2.75) is 13.5 Å². The van der Waals surface area contributed by atoms with Crippen molar-refractivity contribution in [1.82, 2.24) is 19.1 Å². The van der Waals surface area contributed by atoms with Crippen LogP contribution in [-0.2, 0) is 13.6 Å². The molecule has 2 heterocycles. The molecular formula is C17H18N6O2. The van der Waals surface area contributed by atoms with Crippen LogP contribution in [0.1, 0.15) is 12.5 Å². The first-order chi connectivity index (χ1) is 12.0. The van der Waals surface area contributed by atoms with Crippen LogP contribution in [0.5, 0.6) is 0 Å². The number of rotatable bonds is 5. The van der Waals surface area contributed by atoms with Gasteiger partial charge in [-0.2, -0.15) is 10.1 Å². The van der Waals surface area contributed by atoms with Crippen LogP contribution in [0.25, 0.3) is 11.2 Å². The van der Waals surface area contributed by atoms with E-state index in [1.807, 2.05) is 37.3 Å². The van der Waals surface area contributed by atoms with Gasteiger partial charge in [-0.3, -0.25) is 18.9 Å². The van der Waals surface area contributed by atoms with Crippen molar-refractivity contribution in [3.05, 3.63) is 68.9 Å². The summed E-state index contributed by atoms with van der Waals surface area (Å²) in [7, 11) is 1.55. The average Bonchev–Trinajstić information content (AvgIpc) is 2.92. The number of hydrazone groups is 1. The minimum atomic E-state index is -0.517. The van der Waals surface area contributed by atoms with Gasteiger partial charge in [-0.05, 0) is 12.5 Å². The number of fused-ring (bicyclic) bond motifs is 1. The Hall–Kier alpha value is -3.42. The van der Waals surface area contributed by atoms with Crippen molar-refractivity contribution in [3.63, 3.8) is 0 Å². The molecule has 0 bridgehead atoms. The summed E-state index contributed by atoms with van der Waals surface area (Å²) in [6, 6.07) is 9.57. The second-order valence-corrected chi connectivity index (χ2v) is 5.75. The number of imidazole rings is 1. The molecule has 0 aliphatic carbocycles. The van der Waals surface area contributed by atoms with E-state index in [0.717, 1.165) is 11.1 Å². The van der Waals surface area contributed by atoms with Crippen LogP contribution in [0.4, 0.5) is 5.95 Å². The quantitative estimate of drug-likeness (QED) is 0.418. The molecule has 0 aliphatic heterocycles. The zero-order valence-electron chi connectivity index (χ0n) is 14.0. The van der Waals surface area contributed by atoms with Gasteiger partial charge >= 0.3 is 5.69 Å². The van der Waals surface area contributed by atoms with Gasteiger partial charge in [-0.1, -0.05) is 42.5 Å². The summed E-state index contributed by atoms with van der Waals surface area (Å²) >= 11 is 0. The van der Waals surface area contributed by atoms with Crippen molar-refractivity contribution < 1.29 is 0 Å². The van der Waals surface area contributed by atoms with E-state index in [-0.39, 0.29) is 5.65 Å². The monoisotopic (exact) mass is 338 g/mol. The summed E-state index contributed by atoms with van der Waals surface area (Å²) in [5.74, 6) is 0.358. The highest BCUT2D eigenvalue weighted by Gasteiger charge is 2.16. The lowest BCUT2D eigenvalue weighted by atomic mass is 10.2. The molecule has 0 aliphatic rings. The molecule has 0 amide bonds. The number of hydrogen-bond acceptors (Lipinski definition) is 5. The zero-order valence-corrected chi connectivity index (χ0v) is 14.0. The highest BCUT2D eigenvalue weighted by atomic mass is 16.2. The predicted octanol–water partition coefficient (Wildman–Crippen LogP) is 1.45. The van der Waals surface area contributed by atoms with E-state index in [1.54, 1.807) is 17.8 Å². The Balaban J connectivity index is 2.07. The molecular weight excluding hydrogens is 320 g/mol. The summed E-state index contributed by atoms with van der Waals surface area (Å²) in [6.07, 6.45) is 1.65. The first kappa shape index (κ1) is 16.4. The Labute approximate surface area is 143 Å². The van der Waals surface area contributed by atoms with Gasteiger partial charge in [0.2, 0.25) is 5.95 Å². The molecule has 0 atom stereocenters. The molecule has 0 saturated carbocycles. The number of aromatic amines is 1. The summed E-state index contributed by atoms with van der Waals surface area (Å²) in [4.78, 5) is 30.7. The lowest BCUT2D eigenvalue weighted by Crippen LogP contribution is -2.29. The van der Waals surface area contributed by atoms with Crippen LogP contribution in [0.2, 0.25) is 0 Å². The number of hydrogen-bond donors (Lipinski definition) is 2. The number of allylic oxidation sites excluding steroid dienone is 1. The average molecular weight is 338 g/mol. The summed E-state index contributed by atoms with van der Waals surface area (Å²) in [5, 5.41) is 4.17. The van der Waals surface area contributed by atoms with Crippen molar-refractivity contribution in [3.8, 4) is 0 Å². The number of aromatic nitrogens is 4. The molecule has 1 aromatic carbocycles. The summed E-state index contributed by atoms with van der Waals surface area (Å²) in [6.45, 7) is 6.10. The molecule has 8 nitrogen and oxygen atoms in total. The SMILES string of the molecule is C=C(C)Cn1c(N/N=C/c2ccccc2)nc2c1c(=O)[nH]c(=O)n2C. The molecule has 2 N–H and O–H groups in total.